The standard InChI is InChI=1S/C27H33N5O6S/c1-16(2)14-20(31-27(35)25-18(4)24-22(38-25)8-7-13-29-24)26(34)30-19-11-10-17(3)32(15-21(19)33)39(36,37)23-9-5-6-12-28-23/h5-9,12-13,16-17,19-20H,10-11,14-15H2,1-4H3,(H,30,34)(H,31,35). The Morgan fingerprint density at radius 3 is 2.54 bits per heavy atom. The summed E-state index contributed by atoms with van der Waals surface area (Å²) in [4.78, 5) is 47.8. The zero-order valence-corrected chi connectivity index (χ0v) is 23.2. The second-order valence-corrected chi connectivity index (χ2v) is 12.1. The minimum absolute atomic E-state index is 0.0587. The molecule has 3 unspecified atom stereocenters. The predicted octanol–water partition coefficient (Wildman–Crippen LogP) is 2.60. The largest absolute Gasteiger partial charge is 0.449 e. The Bertz CT molecular complexity index is 1470. The number of aromatic nitrogens is 2. The lowest BCUT2D eigenvalue weighted by Crippen LogP contribution is -2.52. The number of hydrogen-bond donors (Lipinski definition) is 2. The molecule has 1 aliphatic rings. The number of pyridine rings is 2. The number of fused-ring (bicyclic) bond motifs is 1. The van der Waals surface area contributed by atoms with Crippen LogP contribution in [0.2, 0.25) is 0 Å². The van der Waals surface area contributed by atoms with Crippen LogP contribution in [0.5, 0.6) is 0 Å². The Labute approximate surface area is 227 Å². The monoisotopic (exact) mass is 555 g/mol. The molecule has 1 saturated heterocycles. The van der Waals surface area contributed by atoms with Crippen molar-refractivity contribution in [1.82, 2.24) is 24.9 Å². The first-order chi connectivity index (χ1) is 18.5. The molecule has 3 atom stereocenters. The minimum atomic E-state index is -4.00. The molecule has 3 aromatic rings. The van der Waals surface area contributed by atoms with Gasteiger partial charge in [-0.1, -0.05) is 19.9 Å². The highest BCUT2D eigenvalue weighted by Crippen LogP contribution is 2.24. The van der Waals surface area contributed by atoms with Crippen molar-refractivity contribution in [3.63, 3.8) is 0 Å². The highest BCUT2D eigenvalue weighted by Gasteiger charge is 2.38. The van der Waals surface area contributed by atoms with E-state index in [9.17, 15) is 22.8 Å². The molecule has 2 N–H and O–H groups in total. The SMILES string of the molecule is Cc1c(C(=O)NC(CC(C)C)C(=O)NC2CCC(C)N(S(=O)(=O)c3ccccn3)CC2=O)oc2cccnc12. The topological polar surface area (TPSA) is 152 Å². The lowest BCUT2D eigenvalue weighted by molar-refractivity contribution is -0.129. The summed E-state index contributed by atoms with van der Waals surface area (Å²) in [5.41, 5.74) is 1.60. The van der Waals surface area contributed by atoms with Gasteiger partial charge in [0.2, 0.25) is 5.91 Å². The van der Waals surface area contributed by atoms with Gasteiger partial charge in [0.25, 0.3) is 15.9 Å². The number of rotatable bonds is 8. The molecule has 4 heterocycles. The molecule has 0 aromatic carbocycles. The fourth-order valence-electron chi connectivity index (χ4n) is 4.69. The number of carbonyl (C=O) groups is 3. The summed E-state index contributed by atoms with van der Waals surface area (Å²) >= 11 is 0. The first-order valence-corrected chi connectivity index (χ1v) is 14.3. The van der Waals surface area contributed by atoms with Crippen LogP contribution in [0.4, 0.5) is 0 Å². The van der Waals surface area contributed by atoms with Crippen molar-refractivity contribution in [3.8, 4) is 0 Å². The van der Waals surface area contributed by atoms with Crippen LogP contribution < -0.4 is 10.6 Å². The van der Waals surface area contributed by atoms with E-state index in [4.69, 9.17) is 4.42 Å². The lowest BCUT2D eigenvalue weighted by atomic mass is 10.0. The van der Waals surface area contributed by atoms with Crippen LogP contribution in [0, 0.1) is 12.8 Å². The van der Waals surface area contributed by atoms with Crippen molar-refractivity contribution in [2.45, 2.75) is 70.1 Å². The number of nitrogens with one attached hydrogen (secondary N) is 2. The van der Waals surface area contributed by atoms with E-state index in [-0.39, 0.29) is 23.1 Å². The normalized spacial score (nSPS) is 19.6. The third kappa shape index (κ3) is 6.17. The second kappa shape index (κ2) is 11.6. The highest BCUT2D eigenvalue weighted by molar-refractivity contribution is 7.89. The molecular weight excluding hydrogens is 522 g/mol. The van der Waals surface area contributed by atoms with E-state index in [2.05, 4.69) is 20.6 Å². The number of aryl methyl sites for hydroxylation is 1. The molecule has 0 radical (unpaired) electrons. The number of furan rings is 1. The summed E-state index contributed by atoms with van der Waals surface area (Å²) in [6, 6.07) is 5.68. The molecule has 0 saturated carbocycles. The average molecular weight is 556 g/mol. The molecule has 1 fully saturated rings. The number of carbonyl (C=O) groups excluding carboxylic acids is 3. The van der Waals surface area contributed by atoms with Crippen LogP contribution >= 0.6 is 0 Å². The van der Waals surface area contributed by atoms with Crippen molar-refractivity contribution in [3.05, 3.63) is 54.0 Å². The maximum absolute atomic E-state index is 13.3. The van der Waals surface area contributed by atoms with E-state index >= 15 is 0 Å². The van der Waals surface area contributed by atoms with Gasteiger partial charge in [-0.25, -0.2) is 13.4 Å². The van der Waals surface area contributed by atoms with E-state index in [1.54, 1.807) is 44.3 Å². The van der Waals surface area contributed by atoms with Crippen LogP contribution in [-0.4, -0.2) is 65.0 Å². The number of amides is 2. The van der Waals surface area contributed by atoms with E-state index < -0.39 is 52.3 Å². The Morgan fingerprint density at radius 2 is 1.87 bits per heavy atom. The number of nitrogens with zero attached hydrogens (tertiary/aromatic N) is 3. The van der Waals surface area contributed by atoms with Crippen LogP contribution in [0.25, 0.3) is 11.1 Å². The predicted molar refractivity (Wildman–Crippen MR) is 143 cm³/mol. The van der Waals surface area contributed by atoms with Crippen LogP contribution in [-0.2, 0) is 19.6 Å². The van der Waals surface area contributed by atoms with Gasteiger partial charge in [0, 0.05) is 24.0 Å². The highest BCUT2D eigenvalue weighted by atomic mass is 32.2. The summed E-state index contributed by atoms with van der Waals surface area (Å²) in [5.74, 6) is -1.37. The molecule has 11 nitrogen and oxygen atoms in total. The van der Waals surface area contributed by atoms with Crippen molar-refractivity contribution in [1.29, 1.82) is 0 Å². The van der Waals surface area contributed by atoms with Crippen LogP contribution in [0.15, 0.2) is 52.2 Å². The van der Waals surface area contributed by atoms with Gasteiger partial charge in [-0.3, -0.25) is 19.4 Å². The fraction of sp³-hybridized carbons (Fsp3) is 0.444. The van der Waals surface area contributed by atoms with Gasteiger partial charge in [-0.05, 0) is 63.3 Å². The fourth-order valence-corrected chi connectivity index (χ4v) is 6.25. The molecular formula is C27H33N5O6S. The molecule has 1 aliphatic heterocycles. The molecule has 2 amide bonds. The molecule has 4 rings (SSSR count). The summed E-state index contributed by atoms with van der Waals surface area (Å²) in [6.07, 6.45) is 3.93. The molecule has 12 heteroatoms. The number of hydrogen-bond acceptors (Lipinski definition) is 8. The second-order valence-electron chi connectivity index (χ2n) is 10.2. The van der Waals surface area contributed by atoms with Gasteiger partial charge in [0.15, 0.2) is 22.2 Å². The van der Waals surface area contributed by atoms with Crippen molar-refractivity contribution < 1.29 is 27.2 Å². The van der Waals surface area contributed by atoms with Gasteiger partial charge in [-0.2, -0.15) is 4.31 Å². The van der Waals surface area contributed by atoms with E-state index in [1.165, 1.54) is 12.3 Å². The van der Waals surface area contributed by atoms with Gasteiger partial charge in [0.05, 0.1) is 12.6 Å². The van der Waals surface area contributed by atoms with Crippen molar-refractivity contribution >= 4 is 38.7 Å². The first kappa shape index (κ1) is 28.4. The third-order valence-corrected chi connectivity index (χ3v) is 8.68. The zero-order valence-electron chi connectivity index (χ0n) is 22.4. The Balaban J connectivity index is 1.49. The molecule has 0 bridgehead atoms. The summed E-state index contributed by atoms with van der Waals surface area (Å²) in [5, 5.41) is 5.38. The first-order valence-electron chi connectivity index (χ1n) is 12.9. The maximum atomic E-state index is 13.3. The minimum Gasteiger partial charge on any atom is -0.449 e. The van der Waals surface area contributed by atoms with E-state index in [0.29, 0.717) is 29.5 Å². The Morgan fingerprint density at radius 1 is 1.13 bits per heavy atom. The zero-order chi connectivity index (χ0) is 28.3. The smallest absolute Gasteiger partial charge is 0.288 e. The quantitative estimate of drug-likeness (QED) is 0.430. The summed E-state index contributed by atoms with van der Waals surface area (Å²) < 4.78 is 33.2. The van der Waals surface area contributed by atoms with Gasteiger partial charge >= 0.3 is 0 Å². The molecule has 0 spiro atoms. The third-order valence-electron chi connectivity index (χ3n) is 6.81. The van der Waals surface area contributed by atoms with E-state index in [1.807, 2.05) is 13.8 Å². The van der Waals surface area contributed by atoms with E-state index in [0.717, 1.165) is 4.31 Å². The maximum Gasteiger partial charge on any atom is 0.288 e. The van der Waals surface area contributed by atoms with Gasteiger partial charge < -0.3 is 15.1 Å². The molecule has 3 aromatic heterocycles. The summed E-state index contributed by atoms with van der Waals surface area (Å²) in [6.45, 7) is 6.90. The number of ketones is 1. The van der Waals surface area contributed by atoms with Gasteiger partial charge in [-0.15, -0.1) is 0 Å². The Hall–Kier alpha value is -3.64. The van der Waals surface area contributed by atoms with Crippen LogP contribution in [0.3, 0.4) is 0 Å². The van der Waals surface area contributed by atoms with Crippen molar-refractivity contribution in [2.75, 3.05) is 6.54 Å². The van der Waals surface area contributed by atoms with Crippen LogP contribution in [0.1, 0.15) is 56.2 Å². The van der Waals surface area contributed by atoms with Gasteiger partial charge in [0.1, 0.15) is 11.6 Å². The van der Waals surface area contributed by atoms with Crippen molar-refractivity contribution in [2.24, 2.45) is 5.92 Å². The molecule has 39 heavy (non-hydrogen) atoms. The molecule has 208 valence electrons. The number of Topliss-reactive ketones (excluding diaryl/α,β-unsaturated/α-hetero) is 1. The average Bonchev–Trinajstić information content (AvgIpc) is 3.17. The number of sulfonamides is 1. The summed E-state index contributed by atoms with van der Waals surface area (Å²) in [7, 11) is -4.00. The molecule has 0 aliphatic carbocycles. The lowest BCUT2D eigenvalue weighted by Gasteiger charge is -2.25. The Kier molecular flexibility index (Phi) is 8.45.